The molecule has 0 atom stereocenters. The summed E-state index contributed by atoms with van der Waals surface area (Å²) in [6.45, 7) is 5.23. The smallest absolute Gasteiger partial charge is 0.145 e. The summed E-state index contributed by atoms with van der Waals surface area (Å²) in [4.78, 5) is 0. The average molecular weight is 472 g/mol. The highest BCUT2D eigenvalue weighted by atomic mass is 127. The van der Waals surface area contributed by atoms with Gasteiger partial charge in [0.25, 0.3) is 0 Å². The molecule has 0 saturated heterocycles. The van der Waals surface area contributed by atoms with Crippen molar-refractivity contribution in [3.05, 3.63) is 24.8 Å². The van der Waals surface area contributed by atoms with Crippen LogP contribution in [0.3, 0.4) is 0 Å². The Kier molecular flexibility index (Phi) is 8.63. The second kappa shape index (κ2) is 9.39. The molecule has 1 aromatic carbocycles. The van der Waals surface area contributed by atoms with E-state index < -0.39 is 0 Å². The van der Waals surface area contributed by atoms with E-state index in [1.165, 1.54) is 51.2 Å². The molecule has 102 valence electrons. The van der Waals surface area contributed by atoms with E-state index in [0.717, 1.165) is 12.4 Å². The van der Waals surface area contributed by atoms with E-state index in [-0.39, 0.29) is 0 Å². The summed E-state index contributed by atoms with van der Waals surface area (Å²) < 4.78 is 8.36. The number of benzene rings is 1. The first-order valence-corrected chi connectivity index (χ1v) is 8.89. The highest BCUT2D eigenvalue weighted by Gasteiger charge is 2.06. The van der Waals surface area contributed by atoms with Crippen LogP contribution in [0.15, 0.2) is 12.1 Å². The maximum absolute atomic E-state index is 5.91. The van der Waals surface area contributed by atoms with Crippen molar-refractivity contribution in [1.82, 2.24) is 0 Å². The molecule has 0 aliphatic heterocycles. The number of aryl methyl sites for hydroxylation is 1. The van der Waals surface area contributed by atoms with Gasteiger partial charge in [-0.1, -0.05) is 39.0 Å². The van der Waals surface area contributed by atoms with Gasteiger partial charge in [0.15, 0.2) is 0 Å². The van der Waals surface area contributed by atoms with Gasteiger partial charge in [-0.25, -0.2) is 0 Å². The monoisotopic (exact) mass is 472 g/mol. The fraction of sp³-hybridized carbons (Fsp3) is 0.600. The summed E-state index contributed by atoms with van der Waals surface area (Å²) in [5, 5.41) is 0. The van der Waals surface area contributed by atoms with Gasteiger partial charge in [-0.3, -0.25) is 0 Å². The lowest BCUT2D eigenvalue weighted by Gasteiger charge is -2.11. The zero-order valence-electron chi connectivity index (χ0n) is 11.3. The molecular formula is C15H22I2O. The van der Waals surface area contributed by atoms with Crippen molar-refractivity contribution in [2.75, 3.05) is 6.61 Å². The van der Waals surface area contributed by atoms with Gasteiger partial charge in [0, 0.05) is 0 Å². The van der Waals surface area contributed by atoms with E-state index in [9.17, 15) is 0 Å². The standard InChI is InChI=1S/C15H22I2O/c1-3-4-5-6-7-8-9-18-15-13(16)10-12(2)11-14(15)17/h10-11H,3-9H2,1-2H3. The van der Waals surface area contributed by atoms with Crippen molar-refractivity contribution in [3.8, 4) is 5.75 Å². The van der Waals surface area contributed by atoms with Crippen LogP contribution in [0.1, 0.15) is 51.0 Å². The Morgan fingerprint density at radius 1 is 0.944 bits per heavy atom. The minimum absolute atomic E-state index is 0.848. The topological polar surface area (TPSA) is 9.23 Å². The van der Waals surface area contributed by atoms with E-state index in [4.69, 9.17) is 4.74 Å². The lowest BCUT2D eigenvalue weighted by Crippen LogP contribution is -2.01. The lowest BCUT2D eigenvalue weighted by molar-refractivity contribution is 0.300. The van der Waals surface area contributed by atoms with Crippen LogP contribution < -0.4 is 4.74 Å². The first-order chi connectivity index (χ1) is 8.65. The molecule has 0 heterocycles. The summed E-state index contributed by atoms with van der Waals surface area (Å²) in [5.41, 5.74) is 1.30. The summed E-state index contributed by atoms with van der Waals surface area (Å²) in [6, 6.07) is 4.36. The largest absolute Gasteiger partial charge is 0.491 e. The molecule has 1 rings (SSSR count). The Bertz CT molecular complexity index is 341. The highest BCUT2D eigenvalue weighted by Crippen LogP contribution is 2.28. The normalized spacial score (nSPS) is 10.7. The summed E-state index contributed by atoms with van der Waals surface area (Å²) in [6.07, 6.45) is 7.86. The van der Waals surface area contributed by atoms with Crippen molar-refractivity contribution < 1.29 is 4.74 Å². The molecule has 0 aliphatic rings. The van der Waals surface area contributed by atoms with Gasteiger partial charge in [-0.15, -0.1) is 0 Å². The van der Waals surface area contributed by atoms with E-state index in [0.29, 0.717) is 0 Å². The molecule has 0 aromatic heterocycles. The average Bonchev–Trinajstić information content (AvgIpc) is 2.30. The van der Waals surface area contributed by atoms with Gasteiger partial charge in [0.2, 0.25) is 0 Å². The van der Waals surface area contributed by atoms with Crippen LogP contribution in [0.2, 0.25) is 0 Å². The van der Waals surface area contributed by atoms with Crippen molar-refractivity contribution in [2.45, 2.75) is 52.4 Å². The quantitative estimate of drug-likeness (QED) is 0.336. The van der Waals surface area contributed by atoms with Gasteiger partial charge in [0.05, 0.1) is 13.7 Å². The zero-order valence-corrected chi connectivity index (χ0v) is 15.6. The molecule has 0 aliphatic carbocycles. The Morgan fingerprint density at radius 2 is 1.50 bits per heavy atom. The molecular weight excluding hydrogens is 450 g/mol. The molecule has 0 radical (unpaired) electrons. The molecule has 1 nitrogen and oxygen atoms in total. The first-order valence-electron chi connectivity index (χ1n) is 6.73. The Hall–Kier alpha value is 0.480. The third-order valence-electron chi connectivity index (χ3n) is 2.89. The fourth-order valence-electron chi connectivity index (χ4n) is 1.88. The SMILES string of the molecule is CCCCCCCCOc1c(I)cc(C)cc1I. The van der Waals surface area contributed by atoms with Gasteiger partial charge in [-0.05, 0) is 76.2 Å². The van der Waals surface area contributed by atoms with E-state index in [1.54, 1.807) is 0 Å². The minimum atomic E-state index is 0.848. The second-order valence-corrected chi connectivity index (χ2v) is 7.00. The third-order valence-corrected chi connectivity index (χ3v) is 4.49. The van der Waals surface area contributed by atoms with E-state index in [2.05, 4.69) is 71.2 Å². The van der Waals surface area contributed by atoms with Crippen molar-refractivity contribution in [2.24, 2.45) is 0 Å². The van der Waals surface area contributed by atoms with Gasteiger partial charge in [0.1, 0.15) is 5.75 Å². The fourth-order valence-corrected chi connectivity index (χ4v) is 4.27. The second-order valence-electron chi connectivity index (χ2n) is 4.67. The number of ether oxygens (including phenoxy) is 1. The van der Waals surface area contributed by atoms with Crippen LogP contribution in [-0.4, -0.2) is 6.61 Å². The van der Waals surface area contributed by atoms with Crippen molar-refractivity contribution in [3.63, 3.8) is 0 Å². The van der Waals surface area contributed by atoms with Crippen molar-refractivity contribution >= 4 is 45.2 Å². The minimum Gasteiger partial charge on any atom is -0.491 e. The van der Waals surface area contributed by atoms with Crippen LogP contribution in [0, 0.1) is 14.1 Å². The number of unbranched alkanes of at least 4 members (excludes halogenated alkanes) is 5. The number of rotatable bonds is 8. The molecule has 0 saturated carbocycles. The molecule has 0 N–H and O–H groups in total. The Labute approximate surface area is 138 Å². The Balaban J connectivity index is 2.27. The highest BCUT2D eigenvalue weighted by molar-refractivity contribution is 14.1. The predicted octanol–water partition coefficient (Wildman–Crippen LogP) is 5.94. The molecule has 0 amide bonds. The molecule has 0 fully saturated rings. The Morgan fingerprint density at radius 3 is 2.11 bits per heavy atom. The number of hydrogen-bond acceptors (Lipinski definition) is 1. The lowest BCUT2D eigenvalue weighted by atomic mass is 10.1. The molecule has 1 aromatic rings. The van der Waals surface area contributed by atoms with Crippen LogP contribution in [-0.2, 0) is 0 Å². The summed E-state index contributed by atoms with van der Waals surface area (Å²) >= 11 is 4.72. The van der Waals surface area contributed by atoms with Crippen LogP contribution in [0.25, 0.3) is 0 Å². The zero-order chi connectivity index (χ0) is 13.4. The van der Waals surface area contributed by atoms with Gasteiger partial charge >= 0.3 is 0 Å². The van der Waals surface area contributed by atoms with E-state index in [1.807, 2.05) is 0 Å². The van der Waals surface area contributed by atoms with Gasteiger partial charge < -0.3 is 4.74 Å². The number of hydrogen-bond donors (Lipinski definition) is 0. The molecule has 0 unspecified atom stereocenters. The van der Waals surface area contributed by atoms with E-state index >= 15 is 0 Å². The summed E-state index contributed by atoms with van der Waals surface area (Å²) in [5.74, 6) is 1.07. The predicted molar refractivity (Wildman–Crippen MR) is 95.5 cm³/mol. The van der Waals surface area contributed by atoms with Crippen LogP contribution >= 0.6 is 45.2 Å². The molecule has 18 heavy (non-hydrogen) atoms. The summed E-state index contributed by atoms with van der Waals surface area (Å²) in [7, 11) is 0. The van der Waals surface area contributed by atoms with Crippen LogP contribution in [0.5, 0.6) is 5.75 Å². The maximum atomic E-state index is 5.91. The maximum Gasteiger partial charge on any atom is 0.145 e. The molecule has 3 heteroatoms. The van der Waals surface area contributed by atoms with Crippen molar-refractivity contribution in [1.29, 1.82) is 0 Å². The van der Waals surface area contributed by atoms with Crippen LogP contribution in [0.4, 0.5) is 0 Å². The third kappa shape index (κ3) is 6.08. The molecule has 0 bridgehead atoms. The van der Waals surface area contributed by atoms with Gasteiger partial charge in [-0.2, -0.15) is 0 Å². The molecule has 0 spiro atoms. The first kappa shape index (κ1) is 16.5. The number of halogens is 2.